The molecule has 0 fully saturated rings. The first-order valence-corrected chi connectivity index (χ1v) is 11.1. The number of anilines is 1. The smallest absolute Gasteiger partial charge is 0.264 e. The lowest BCUT2D eigenvalue weighted by Gasteiger charge is -2.21. The first-order chi connectivity index (χ1) is 15.6. The molecule has 32 heavy (non-hydrogen) atoms. The minimum absolute atomic E-state index is 0.160. The second kappa shape index (κ2) is 8.40. The van der Waals surface area contributed by atoms with Crippen LogP contribution in [0.4, 0.5) is 5.13 Å². The van der Waals surface area contributed by atoms with Gasteiger partial charge in [0.05, 0.1) is 29.4 Å². The minimum atomic E-state index is -0.160. The summed E-state index contributed by atoms with van der Waals surface area (Å²) in [6.45, 7) is 2.42. The van der Waals surface area contributed by atoms with Gasteiger partial charge in [-0.25, -0.2) is 4.98 Å². The van der Waals surface area contributed by atoms with Gasteiger partial charge in [0.1, 0.15) is 5.75 Å². The molecule has 0 aliphatic carbocycles. The van der Waals surface area contributed by atoms with E-state index in [0.29, 0.717) is 23.0 Å². The minimum Gasteiger partial charge on any atom is -0.496 e. The summed E-state index contributed by atoms with van der Waals surface area (Å²) in [6.07, 6.45) is 3.50. The van der Waals surface area contributed by atoms with Crippen molar-refractivity contribution in [2.45, 2.75) is 13.5 Å². The Morgan fingerprint density at radius 2 is 1.84 bits per heavy atom. The van der Waals surface area contributed by atoms with Crippen molar-refractivity contribution in [2.24, 2.45) is 0 Å². The maximum atomic E-state index is 13.9. The van der Waals surface area contributed by atoms with E-state index in [4.69, 9.17) is 9.72 Å². The monoisotopic (exact) mass is 439 g/mol. The van der Waals surface area contributed by atoms with Gasteiger partial charge in [0.2, 0.25) is 0 Å². The first kappa shape index (κ1) is 20.2. The van der Waals surface area contributed by atoms with Crippen LogP contribution in [0.2, 0.25) is 0 Å². The molecule has 0 saturated heterocycles. The number of carbonyl (C=O) groups excluding carboxylic acids is 1. The van der Waals surface area contributed by atoms with E-state index in [-0.39, 0.29) is 5.91 Å². The van der Waals surface area contributed by atoms with Crippen molar-refractivity contribution in [3.63, 3.8) is 0 Å². The number of fused-ring (bicyclic) bond motifs is 2. The van der Waals surface area contributed by atoms with Crippen LogP contribution in [-0.2, 0) is 6.54 Å². The van der Waals surface area contributed by atoms with E-state index in [0.717, 1.165) is 32.1 Å². The van der Waals surface area contributed by atoms with Gasteiger partial charge in [-0.1, -0.05) is 47.7 Å². The second-order valence-corrected chi connectivity index (χ2v) is 8.63. The highest BCUT2D eigenvalue weighted by Crippen LogP contribution is 2.34. The first-order valence-electron chi connectivity index (χ1n) is 10.3. The van der Waals surface area contributed by atoms with Gasteiger partial charge in [-0.3, -0.25) is 14.7 Å². The molecule has 0 bridgehead atoms. The molecule has 5 rings (SSSR count). The van der Waals surface area contributed by atoms with E-state index in [1.54, 1.807) is 24.4 Å². The van der Waals surface area contributed by atoms with Crippen LogP contribution in [0.3, 0.4) is 0 Å². The van der Waals surface area contributed by atoms with Gasteiger partial charge in [-0.15, -0.1) is 0 Å². The molecule has 0 aliphatic rings. The Bertz CT molecular complexity index is 1430. The molecule has 0 radical (unpaired) electrons. The number of nitrogens with zero attached hydrogens (tertiary/aromatic N) is 3. The molecule has 3 aromatic carbocycles. The molecule has 5 nitrogen and oxygen atoms in total. The van der Waals surface area contributed by atoms with Crippen molar-refractivity contribution in [3.05, 3.63) is 95.8 Å². The maximum absolute atomic E-state index is 13.9. The van der Waals surface area contributed by atoms with Crippen molar-refractivity contribution in [1.82, 2.24) is 9.97 Å². The number of rotatable bonds is 5. The summed E-state index contributed by atoms with van der Waals surface area (Å²) in [7, 11) is 1.59. The summed E-state index contributed by atoms with van der Waals surface area (Å²) in [5.41, 5.74) is 3.47. The Kier molecular flexibility index (Phi) is 5.29. The fourth-order valence-electron chi connectivity index (χ4n) is 3.74. The van der Waals surface area contributed by atoms with Crippen LogP contribution in [0.25, 0.3) is 21.0 Å². The van der Waals surface area contributed by atoms with Crippen LogP contribution in [0, 0.1) is 6.92 Å². The summed E-state index contributed by atoms with van der Waals surface area (Å²) >= 11 is 1.51. The average molecular weight is 440 g/mol. The zero-order chi connectivity index (χ0) is 22.1. The van der Waals surface area contributed by atoms with Crippen LogP contribution in [0.5, 0.6) is 5.75 Å². The summed E-state index contributed by atoms with van der Waals surface area (Å²) in [6, 6.07) is 21.7. The third-order valence-electron chi connectivity index (χ3n) is 5.37. The average Bonchev–Trinajstić information content (AvgIpc) is 3.24. The number of aryl methyl sites for hydroxylation is 1. The number of methoxy groups -OCH3 is 1. The van der Waals surface area contributed by atoms with Gasteiger partial charge in [0, 0.05) is 12.4 Å². The number of thiazole rings is 1. The van der Waals surface area contributed by atoms with Gasteiger partial charge in [-0.2, -0.15) is 0 Å². The number of hydrogen-bond acceptors (Lipinski definition) is 5. The van der Waals surface area contributed by atoms with Gasteiger partial charge in [-0.05, 0) is 59.2 Å². The second-order valence-electron chi connectivity index (χ2n) is 7.62. The highest BCUT2D eigenvalue weighted by molar-refractivity contribution is 7.22. The molecule has 2 aromatic heterocycles. The van der Waals surface area contributed by atoms with Crippen molar-refractivity contribution >= 4 is 43.4 Å². The SMILES string of the molecule is COc1cc2ccccc2cc1C(=O)N(Cc1cccnc1)c1nc2ccc(C)cc2s1. The molecule has 5 aromatic rings. The molecule has 0 N–H and O–H groups in total. The fraction of sp³-hybridized carbons (Fsp3) is 0.115. The topological polar surface area (TPSA) is 55.3 Å². The molecule has 0 atom stereocenters. The van der Waals surface area contributed by atoms with Crippen LogP contribution in [-0.4, -0.2) is 23.0 Å². The van der Waals surface area contributed by atoms with Crippen molar-refractivity contribution in [2.75, 3.05) is 12.0 Å². The lowest BCUT2D eigenvalue weighted by Crippen LogP contribution is -2.30. The number of amides is 1. The van der Waals surface area contributed by atoms with Gasteiger partial charge in [0.15, 0.2) is 5.13 Å². The molecule has 0 aliphatic heterocycles. The molecule has 158 valence electrons. The molecular weight excluding hydrogens is 418 g/mol. The van der Waals surface area contributed by atoms with E-state index in [9.17, 15) is 4.79 Å². The molecule has 1 amide bonds. The normalized spacial score (nSPS) is 11.1. The number of pyridine rings is 1. The number of aromatic nitrogens is 2. The summed E-state index contributed by atoms with van der Waals surface area (Å²) in [4.78, 5) is 24.6. The van der Waals surface area contributed by atoms with E-state index in [2.05, 4.69) is 18.0 Å². The van der Waals surface area contributed by atoms with Crippen molar-refractivity contribution in [3.8, 4) is 5.75 Å². The number of benzene rings is 3. The quantitative estimate of drug-likeness (QED) is 0.337. The zero-order valence-corrected chi connectivity index (χ0v) is 18.6. The predicted octanol–water partition coefficient (Wildman–Crippen LogP) is 6.01. The number of hydrogen-bond donors (Lipinski definition) is 0. The highest BCUT2D eigenvalue weighted by Gasteiger charge is 2.25. The molecule has 0 spiro atoms. The van der Waals surface area contributed by atoms with Crippen LogP contribution >= 0.6 is 11.3 Å². The Morgan fingerprint density at radius 3 is 2.59 bits per heavy atom. The molecule has 0 unspecified atom stereocenters. The Hall–Kier alpha value is -3.77. The Balaban J connectivity index is 1.64. The fourth-order valence-corrected chi connectivity index (χ4v) is 4.80. The Morgan fingerprint density at radius 1 is 1.03 bits per heavy atom. The maximum Gasteiger partial charge on any atom is 0.264 e. The lowest BCUT2D eigenvalue weighted by atomic mass is 10.0. The number of carbonyl (C=O) groups is 1. The third-order valence-corrected chi connectivity index (χ3v) is 6.41. The van der Waals surface area contributed by atoms with Gasteiger partial charge in [0.25, 0.3) is 5.91 Å². The predicted molar refractivity (Wildman–Crippen MR) is 130 cm³/mol. The third kappa shape index (κ3) is 3.81. The lowest BCUT2D eigenvalue weighted by molar-refractivity contribution is 0.0982. The largest absolute Gasteiger partial charge is 0.496 e. The van der Waals surface area contributed by atoms with E-state index >= 15 is 0 Å². The zero-order valence-electron chi connectivity index (χ0n) is 17.8. The molecule has 0 saturated carbocycles. The van der Waals surface area contributed by atoms with Crippen LogP contribution in [0.15, 0.2) is 79.1 Å². The molecule has 6 heteroatoms. The van der Waals surface area contributed by atoms with Crippen molar-refractivity contribution < 1.29 is 9.53 Å². The summed E-state index contributed by atoms with van der Waals surface area (Å²) in [5.74, 6) is 0.383. The number of ether oxygens (including phenoxy) is 1. The summed E-state index contributed by atoms with van der Waals surface area (Å²) < 4.78 is 6.66. The molecule has 2 heterocycles. The van der Waals surface area contributed by atoms with Crippen molar-refractivity contribution in [1.29, 1.82) is 0 Å². The van der Waals surface area contributed by atoms with E-state index in [1.807, 2.05) is 60.7 Å². The van der Waals surface area contributed by atoms with E-state index < -0.39 is 0 Å². The highest BCUT2D eigenvalue weighted by atomic mass is 32.1. The molecular formula is C26H21N3O2S. The van der Waals surface area contributed by atoms with Gasteiger partial charge < -0.3 is 4.74 Å². The van der Waals surface area contributed by atoms with Gasteiger partial charge >= 0.3 is 0 Å². The van der Waals surface area contributed by atoms with E-state index in [1.165, 1.54) is 11.3 Å². The standard InChI is InChI=1S/C26H21N3O2S/c1-17-9-10-22-24(12-17)32-26(28-22)29(16-18-6-5-11-27-15-18)25(30)21-13-19-7-3-4-8-20(19)14-23(21)31-2/h3-15H,16H2,1-2H3. The summed E-state index contributed by atoms with van der Waals surface area (Å²) in [5, 5.41) is 2.66. The van der Waals surface area contributed by atoms with Crippen LogP contribution < -0.4 is 9.64 Å². The Labute approximate surface area is 189 Å². The van der Waals surface area contributed by atoms with Crippen LogP contribution in [0.1, 0.15) is 21.5 Å².